The Labute approximate surface area is 126 Å². The van der Waals surface area contributed by atoms with Crippen LogP contribution in [0.5, 0.6) is 0 Å². The Morgan fingerprint density at radius 3 is 2.79 bits per heavy atom. The summed E-state index contributed by atoms with van der Waals surface area (Å²) < 4.78 is 0. The summed E-state index contributed by atoms with van der Waals surface area (Å²) in [5.41, 5.74) is -0.0666. The van der Waals surface area contributed by atoms with E-state index < -0.39 is 0 Å². The zero-order valence-corrected chi connectivity index (χ0v) is 13.1. The van der Waals surface area contributed by atoms with Gasteiger partial charge >= 0.3 is 0 Å². The second kappa shape index (κ2) is 6.68. The smallest absolute Gasteiger partial charge is 0.228 e. The molecule has 3 fully saturated rings. The minimum Gasteiger partial charge on any atom is -0.353 e. The van der Waals surface area contributed by atoms with E-state index in [1.54, 1.807) is 0 Å². The highest BCUT2D eigenvalue weighted by atomic mass is 35.5. The van der Waals surface area contributed by atoms with Crippen LogP contribution in [0.1, 0.15) is 38.5 Å². The van der Waals surface area contributed by atoms with E-state index >= 15 is 0 Å². The number of hydrogen-bond donors (Lipinski definition) is 2. The SMILES string of the molecule is Cl.O=C(NC1CCSCC1)[C@@]12CCCC[C@H]1CNC2. The second-order valence-electron chi connectivity index (χ2n) is 6.09. The van der Waals surface area contributed by atoms with Crippen molar-refractivity contribution in [2.75, 3.05) is 24.6 Å². The summed E-state index contributed by atoms with van der Waals surface area (Å²) in [6, 6.07) is 0.441. The first-order valence-electron chi connectivity index (χ1n) is 7.41. The highest BCUT2D eigenvalue weighted by Gasteiger charge is 2.50. The van der Waals surface area contributed by atoms with Gasteiger partial charge in [-0.1, -0.05) is 12.8 Å². The number of amides is 1. The lowest BCUT2D eigenvalue weighted by Crippen LogP contribution is -2.51. The van der Waals surface area contributed by atoms with E-state index in [2.05, 4.69) is 10.6 Å². The molecular weight excluding hydrogens is 280 g/mol. The molecule has 0 unspecified atom stereocenters. The average Bonchev–Trinajstić information content (AvgIpc) is 2.85. The number of nitrogens with one attached hydrogen (secondary N) is 2. The van der Waals surface area contributed by atoms with Crippen molar-refractivity contribution >= 4 is 30.1 Å². The largest absolute Gasteiger partial charge is 0.353 e. The summed E-state index contributed by atoms with van der Waals surface area (Å²) in [7, 11) is 0. The van der Waals surface area contributed by atoms with Crippen LogP contribution in [0.15, 0.2) is 0 Å². The Bertz CT molecular complexity index is 323. The van der Waals surface area contributed by atoms with Crippen LogP contribution in [0.3, 0.4) is 0 Å². The topological polar surface area (TPSA) is 41.1 Å². The fraction of sp³-hybridized carbons (Fsp3) is 0.929. The first-order chi connectivity index (χ1) is 8.81. The zero-order valence-electron chi connectivity index (χ0n) is 11.5. The number of fused-ring (bicyclic) bond motifs is 1. The molecule has 1 aliphatic carbocycles. The Balaban J connectivity index is 0.00000133. The molecule has 2 aliphatic heterocycles. The van der Waals surface area contributed by atoms with Crippen molar-refractivity contribution in [1.82, 2.24) is 10.6 Å². The molecular formula is C14H25ClN2OS. The van der Waals surface area contributed by atoms with Gasteiger partial charge in [0.15, 0.2) is 0 Å². The van der Waals surface area contributed by atoms with Crippen molar-refractivity contribution in [2.24, 2.45) is 11.3 Å². The summed E-state index contributed by atoms with van der Waals surface area (Å²) in [5.74, 6) is 3.36. The number of hydrogen-bond acceptors (Lipinski definition) is 3. The summed E-state index contributed by atoms with van der Waals surface area (Å²) in [4.78, 5) is 12.7. The lowest BCUT2D eigenvalue weighted by molar-refractivity contribution is -0.134. The van der Waals surface area contributed by atoms with Gasteiger partial charge in [-0.3, -0.25) is 4.79 Å². The Hall–Kier alpha value is 0.0700. The molecule has 2 atom stereocenters. The first-order valence-corrected chi connectivity index (χ1v) is 8.56. The molecule has 5 heteroatoms. The van der Waals surface area contributed by atoms with Gasteiger partial charge in [0, 0.05) is 12.6 Å². The van der Waals surface area contributed by atoms with Crippen LogP contribution in [-0.4, -0.2) is 36.5 Å². The molecule has 2 N–H and O–H groups in total. The number of halogens is 1. The fourth-order valence-corrected chi connectivity index (χ4v) is 4.97. The maximum atomic E-state index is 12.7. The van der Waals surface area contributed by atoms with Crippen molar-refractivity contribution in [3.8, 4) is 0 Å². The Kier molecular flexibility index (Phi) is 5.44. The maximum absolute atomic E-state index is 12.7. The van der Waals surface area contributed by atoms with Gasteiger partial charge in [0.25, 0.3) is 0 Å². The predicted molar refractivity (Wildman–Crippen MR) is 83.0 cm³/mol. The van der Waals surface area contributed by atoms with Gasteiger partial charge < -0.3 is 10.6 Å². The van der Waals surface area contributed by atoms with Gasteiger partial charge in [-0.05, 0) is 49.7 Å². The molecule has 3 aliphatic rings. The van der Waals surface area contributed by atoms with Crippen LogP contribution < -0.4 is 10.6 Å². The van der Waals surface area contributed by atoms with Crippen LogP contribution in [0.2, 0.25) is 0 Å². The van der Waals surface area contributed by atoms with Gasteiger partial charge in [-0.25, -0.2) is 0 Å². The Morgan fingerprint density at radius 1 is 1.21 bits per heavy atom. The van der Waals surface area contributed by atoms with Gasteiger partial charge in [0.1, 0.15) is 0 Å². The van der Waals surface area contributed by atoms with E-state index in [0.717, 1.165) is 32.4 Å². The number of carbonyl (C=O) groups excluding carboxylic acids is 1. The minimum absolute atomic E-state index is 0. The van der Waals surface area contributed by atoms with E-state index in [4.69, 9.17) is 0 Å². The molecule has 3 rings (SSSR count). The van der Waals surface area contributed by atoms with Crippen LogP contribution >= 0.6 is 24.2 Å². The van der Waals surface area contributed by atoms with Crippen LogP contribution in [0.4, 0.5) is 0 Å². The third kappa shape index (κ3) is 3.06. The lowest BCUT2D eigenvalue weighted by atomic mass is 9.67. The molecule has 0 bridgehead atoms. The van der Waals surface area contributed by atoms with Gasteiger partial charge in [0.2, 0.25) is 5.91 Å². The Morgan fingerprint density at radius 2 is 2.00 bits per heavy atom. The third-order valence-electron chi connectivity index (χ3n) is 5.05. The number of rotatable bonds is 2. The summed E-state index contributed by atoms with van der Waals surface area (Å²) >= 11 is 2.02. The molecule has 0 radical (unpaired) electrons. The standard InChI is InChI=1S/C14H24N2OS.ClH/c17-13(16-12-4-7-18-8-5-12)14-6-2-1-3-11(14)9-15-10-14;/h11-12,15H,1-10H2,(H,16,17);1H/t11-,14+;/m0./s1. The van der Waals surface area contributed by atoms with E-state index in [9.17, 15) is 4.79 Å². The van der Waals surface area contributed by atoms with Gasteiger partial charge in [0.05, 0.1) is 5.41 Å². The predicted octanol–water partition coefficient (Wildman–Crippen LogP) is 2.20. The molecule has 0 aromatic rings. The lowest BCUT2D eigenvalue weighted by Gasteiger charge is -2.38. The molecule has 110 valence electrons. The zero-order chi connectivity index (χ0) is 12.4. The molecule has 0 aromatic carbocycles. The van der Waals surface area contributed by atoms with Crippen molar-refractivity contribution < 1.29 is 4.79 Å². The summed E-state index contributed by atoms with van der Waals surface area (Å²) in [6.45, 7) is 1.96. The minimum atomic E-state index is -0.0666. The quantitative estimate of drug-likeness (QED) is 0.822. The molecule has 0 aromatic heterocycles. The number of thioether (sulfide) groups is 1. The molecule has 1 saturated carbocycles. The molecule has 2 heterocycles. The van der Waals surface area contributed by atoms with Gasteiger partial charge in [-0.15, -0.1) is 12.4 Å². The van der Waals surface area contributed by atoms with Crippen molar-refractivity contribution in [1.29, 1.82) is 0 Å². The van der Waals surface area contributed by atoms with E-state index in [1.165, 1.54) is 30.8 Å². The van der Waals surface area contributed by atoms with Crippen molar-refractivity contribution in [3.63, 3.8) is 0 Å². The number of carbonyl (C=O) groups is 1. The van der Waals surface area contributed by atoms with Crippen LogP contribution in [-0.2, 0) is 4.79 Å². The molecule has 1 amide bonds. The van der Waals surface area contributed by atoms with E-state index in [-0.39, 0.29) is 17.8 Å². The first kappa shape index (κ1) is 15.5. The van der Waals surface area contributed by atoms with Crippen LogP contribution in [0.25, 0.3) is 0 Å². The maximum Gasteiger partial charge on any atom is 0.228 e. The highest BCUT2D eigenvalue weighted by Crippen LogP contribution is 2.44. The van der Waals surface area contributed by atoms with Crippen molar-refractivity contribution in [2.45, 2.75) is 44.6 Å². The van der Waals surface area contributed by atoms with Gasteiger partial charge in [-0.2, -0.15) is 11.8 Å². The van der Waals surface area contributed by atoms with Crippen LogP contribution in [0, 0.1) is 11.3 Å². The third-order valence-corrected chi connectivity index (χ3v) is 6.10. The highest BCUT2D eigenvalue weighted by molar-refractivity contribution is 7.99. The monoisotopic (exact) mass is 304 g/mol. The molecule has 3 nitrogen and oxygen atoms in total. The second-order valence-corrected chi connectivity index (χ2v) is 7.31. The summed E-state index contributed by atoms with van der Waals surface area (Å²) in [5, 5.41) is 6.82. The van der Waals surface area contributed by atoms with E-state index in [0.29, 0.717) is 17.9 Å². The van der Waals surface area contributed by atoms with E-state index in [1.807, 2.05) is 11.8 Å². The molecule has 2 saturated heterocycles. The van der Waals surface area contributed by atoms with Crippen molar-refractivity contribution in [3.05, 3.63) is 0 Å². The molecule has 19 heavy (non-hydrogen) atoms. The normalized spacial score (nSPS) is 35.3. The fourth-order valence-electron chi connectivity index (χ4n) is 3.86. The average molecular weight is 305 g/mol. The summed E-state index contributed by atoms with van der Waals surface area (Å²) in [6.07, 6.45) is 7.18. The molecule has 0 spiro atoms.